The predicted octanol–water partition coefficient (Wildman–Crippen LogP) is 5.27. The lowest BCUT2D eigenvalue weighted by molar-refractivity contribution is 0.0936. The standard InChI is InChI=1S/C19H21ClFNO/c1-12(13-5-7-14(8-6-13)19(2,3)4)22-18(23)16-10-9-15(20)11-17(16)21/h5-12H,1-4H3,(H,22,23)/t12-/m0/s1. The molecule has 0 saturated carbocycles. The van der Waals surface area contributed by atoms with Gasteiger partial charge in [-0.05, 0) is 41.7 Å². The van der Waals surface area contributed by atoms with Crippen molar-refractivity contribution in [2.45, 2.75) is 39.2 Å². The normalized spacial score (nSPS) is 12.8. The van der Waals surface area contributed by atoms with Crippen LogP contribution in [0.25, 0.3) is 0 Å². The monoisotopic (exact) mass is 333 g/mol. The SMILES string of the molecule is C[C@H](NC(=O)c1ccc(Cl)cc1F)c1ccc(C(C)(C)C)cc1. The molecule has 0 aliphatic heterocycles. The van der Waals surface area contributed by atoms with Crippen LogP contribution in [0.5, 0.6) is 0 Å². The van der Waals surface area contributed by atoms with Gasteiger partial charge in [0.05, 0.1) is 11.6 Å². The maximum Gasteiger partial charge on any atom is 0.254 e. The summed E-state index contributed by atoms with van der Waals surface area (Å²) < 4.78 is 13.8. The smallest absolute Gasteiger partial charge is 0.254 e. The number of benzene rings is 2. The number of nitrogens with one attached hydrogen (secondary N) is 1. The molecule has 2 rings (SSSR count). The fourth-order valence-corrected chi connectivity index (χ4v) is 2.46. The molecule has 122 valence electrons. The average molecular weight is 334 g/mol. The Balaban J connectivity index is 2.12. The van der Waals surface area contributed by atoms with Crippen molar-refractivity contribution in [2.75, 3.05) is 0 Å². The molecule has 0 spiro atoms. The quantitative estimate of drug-likeness (QED) is 0.814. The molecule has 0 unspecified atom stereocenters. The second kappa shape index (κ2) is 6.71. The Morgan fingerprint density at radius 2 is 1.74 bits per heavy atom. The molecule has 2 nitrogen and oxygen atoms in total. The van der Waals surface area contributed by atoms with Crippen molar-refractivity contribution in [2.24, 2.45) is 0 Å². The zero-order valence-corrected chi connectivity index (χ0v) is 14.5. The molecule has 1 amide bonds. The summed E-state index contributed by atoms with van der Waals surface area (Å²) in [6.45, 7) is 8.32. The second-order valence-electron chi connectivity index (χ2n) is 6.69. The van der Waals surface area contributed by atoms with E-state index in [1.165, 1.54) is 17.7 Å². The lowest BCUT2D eigenvalue weighted by Crippen LogP contribution is -2.27. The first-order valence-corrected chi connectivity index (χ1v) is 7.92. The Hall–Kier alpha value is -1.87. The van der Waals surface area contributed by atoms with Gasteiger partial charge in [0.25, 0.3) is 5.91 Å². The van der Waals surface area contributed by atoms with E-state index in [1.807, 2.05) is 19.1 Å². The molecule has 0 aliphatic carbocycles. The van der Waals surface area contributed by atoms with E-state index in [1.54, 1.807) is 0 Å². The lowest BCUT2D eigenvalue weighted by Gasteiger charge is -2.21. The van der Waals surface area contributed by atoms with Gasteiger partial charge in [0.15, 0.2) is 0 Å². The molecule has 1 atom stereocenters. The van der Waals surface area contributed by atoms with Gasteiger partial charge in [-0.25, -0.2) is 4.39 Å². The van der Waals surface area contributed by atoms with E-state index in [2.05, 4.69) is 38.2 Å². The van der Waals surface area contributed by atoms with Crippen LogP contribution in [0.2, 0.25) is 5.02 Å². The van der Waals surface area contributed by atoms with E-state index < -0.39 is 11.7 Å². The van der Waals surface area contributed by atoms with Crippen molar-refractivity contribution >= 4 is 17.5 Å². The predicted molar refractivity (Wildman–Crippen MR) is 92.4 cm³/mol. The van der Waals surface area contributed by atoms with Crippen LogP contribution in [-0.4, -0.2) is 5.91 Å². The molecular weight excluding hydrogens is 313 g/mol. The van der Waals surface area contributed by atoms with Gasteiger partial charge in [-0.15, -0.1) is 0 Å². The van der Waals surface area contributed by atoms with Crippen molar-refractivity contribution in [3.63, 3.8) is 0 Å². The number of hydrogen-bond donors (Lipinski definition) is 1. The summed E-state index contributed by atoms with van der Waals surface area (Å²) >= 11 is 5.70. The molecule has 0 aliphatic rings. The van der Waals surface area contributed by atoms with Gasteiger partial charge in [-0.1, -0.05) is 56.6 Å². The average Bonchev–Trinajstić information content (AvgIpc) is 2.46. The van der Waals surface area contributed by atoms with Gasteiger partial charge in [-0.3, -0.25) is 4.79 Å². The Kier molecular flexibility index (Phi) is 5.10. The largest absolute Gasteiger partial charge is 0.345 e. The van der Waals surface area contributed by atoms with Crippen LogP contribution in [0.1, 0.15) is 55.2 Å². The van der Waals surface area contributed by atoms with Crippen molar-refractivity contribution in [1.29, 1.82) is 0 Å². The van der Waals surface area contributed by atoms with Crippen LogP contribution in [0.4, 0.5) is 4.39 Å². The minimum Gasteiger partial charge on any atom is -0.345 e. The molecule has 0 radical (unpaired) electrons. The highest BCUT2D eigenvalue weighted by Gasteiger charge is 2.17. The van der Waals surface area contributed by atoms with Gasteiger partial charge in [-0.2, -0.15) is 0 Å². The number of hydrogen-bond acceptors (Lipinski definition) is 1. The molecule has 0 bridgehead atoms. The second-order valence-corrected chi connectivity index (χ2v) is 7.13. The molecule has 0 fully saturated rings. The van der Waals surface area contributed by atoms with Crippen molar-refractivity contribution in [3.05, 3.63) is 70.0 Å². The molecule has 0 aromatic heterocycles. The van der Waals surface area contributed by atoms with Crippen molar-refractivity contribution < 1.29 is 9.18 Å². The van der Waals surface area contributed by atoms with Crippen LogP contribution in [0, 0.1) is 5.82 Å². The third-order valence-electron chi connectivity index (χ3n) is 3.80. The van der Waals surface area contributed by atoms with Crippen LogP contribution in [0.3, 0.4) is 0 Å². The number of halogens is 2. The molecule has 4 heteroatoms. The molecule has 1 N–H and O–H groups in total. The maximum atomic E-state index is 13.8. The van der Waals surface area contributed by atoms with E-state index in [4.69, 9.17) is 11.6 Å². The summed E-state index contributed by atoms with van der Waals surface area (Å²) in [4.78, 5) is 12.2. The number of carbonyl (C=O) groups is 1. The highest BCUT2D eigenvalue weighted by Crippen LogP contribution is 2.24. The summed E-state index contributed by atoms with van der Waals surface area (Å²) in [6.07, 6.45) is 0. The third-order valence-corrected chi connectivity index (χ3v) is 4.04. The minimum absolute atomic E-state index is 0.00689. The van der Waals surface area contributed by atoms with E-state index in [0.717, 1.165) is 11.6 Å². The number of carbonyl (C=O) groups excluding carboxylic acids is 1. The van der Waals surface area contributed by atoms with E-state index in [-0.39, 0.29) is 22.0 Å². The fourth-order valence-electron chi connectivity index (χ4n) is 2.30. The third kappa shape index (κ3) is 4.32. The van der Waals surface area contributed by atoms with E-state index in [0.29, 0.717) is 0 Å². The first-order chi connectivity index (χ1) is 10.7. The van der Waals surface area contributed by atoms with Crippen LogP contribution < -0.4 is 5.32 Å². The number of amides is 1. The maximum absolute atomic E-state index is 13.8. The molecule has 0 heterocycles. The summed E-state index contributed by atoms with van der Waals surface area (Å²) in [5.41, 5.74) is 2.27. The van der Waals surface area contributed by atoms with Gasteiger partial charge < -0.3 is 5.32 Å². The topological polar surface area (TPSA) is 29.1 Å². The zero-order valence-electron chi connectivity index (χ0n) is 13.8. The van der Waals surface area contributed by atoms with E-state index in [9.17, 15) is 9.18 Å². The van der Waals surface area contributed by atoms with Gasteiger partial charge in [0.1, 0.15) is 5.82 Å². The Morgan fingerprint density at radius 3 is 2.26 bits per heavy atom. The minimum atomic E-state index is -0.620. The van der Waals surface area contributed by atoms with Gasteiger partial charge in [0, 0.05) is 5.02 Å². The highest BCUT2D eigenvalue weighted by molar-refractivity contribution is 6.30. The Bertz CT molecular complexity index is 704. The van der Waals surface area contributed by atoms with Gasteiger partial charge in [0.2, 0.25) is 0 Å². The van der Waals surface area contributed by atoms with Gasteiger partial charge >= 0.3 is 0 Å². The summed E-state index contributed by atoms with van der Waals surface area (Å²) in [7, 11) is 0. The van der Waals surface area contributed by atoms with Crippen molar-refractivity contribution in [3.8, 4) is 0 Å². The first kappa shape index (κ1) is 17.5. The molecule has 0 saturated heterocycles. The first-order valence-electron chi connectivity index (χ1n) is 7.55. The van der Waals surface area contributed by atoms with Crippen LogP contribution in [-0.2, 0) is 5.41 Å². The van der Waals surface area contributed by atoms with E-state index >= 15 is 0 Å². The highest BCUT2D eigenvalue weighted by atomic mass is 35.5. The summed E-state index contributed by atoms with van der Waals surface area (Å²) in [5.74, 6) is -1.07. The lowest BCUT2D eigenvalue weighted by atomic mass is 9.86. The van der Waals surface area contributed by atoms with Crippen LogP contribution >= 0.6 is 11.6 Å². The van der Waals surface area contributed by atoms with Crippen LogP contribution in [0.15, 0.2) is 42.5 Å². The molecule has 2 aromatic carbocycles. The fraction of sp³-hybridized carbons (Fsp3) is 0.316. The summed E-state index contributed by atoms with van der Waals surface area (Å²) in [5, 5.41) is 3.08. The number of rotatable bonds is 3. The molecule has 23 heavy (non-hydrogen) atoms. The Labute approximate surface area is 141 Å². The Morgan fingerprint density at radius 1 is 1.13 bits per heavy atom. The molecular formula is C19H21ClFNO. The zero-order chi connectivity index (χ0) is 17.2. The summed E-state index contributed by atoms with van der Waals surface area (Å²) in [6, 6.07) is 11.9. The van der Waals surface area contributed by atoms with Crippen molar-refractivity contribution in [1.82, 2.24) is 5.32 Å². The molecule has 2 aromatic rings.